The number of sulfonamides is 1. The Hall–Kier alpha value is -1.47. The van der Waals surface area contributed by atoms with E-state index in [-0.39, 0.29) is 11.4 Å². The minimum absolute atomic E-state index is 0.00455. The van der Waals surface area contributed by atoms with Gasteiger partial charge in [-0.05, 0) is 24.6 Å². The van der Waals surface area contributed by atoms with Gasteiger partial charge < -0.3 is 5.11 Å². The Morgan fingerprint density at radius 1 is 1.44 bits per heavy atom. The molecule has 1 rings (SSSR count). The van der Waals surface area contributed by atoms with E-state index in [4.69, 9.17) is 5.11 Å². The van der Waals surface area contributed by atoms with Crippen LogP contribution < -0.4 is 0 Å². The van der Waals surface area contributed by atoms with Crippen molar-refractivity contribution in [3.05, 3.63) is 29.6 Å². The van der Waals surface area contributed by atoms with Crippen molar-refractivity contribution >= 4 is 16.0 Å². The minimum Gasteiger partial charge on any atom is -0.480 e. The Labute approximate surface area is 105 Å². The highest BCUT2D eigenvalue weighted by atomic mass is 32.2. The van der Waals surface area contributed by atoms with Crippen LogP contribution in [0.1, 0.15) is 12.5 Å². The van der Waals surface area contributed by atoms with Gasteiger partial charge in [-0.3, -0.25) is 4.79 Å². The average Bonchev–Trinajstić information content (AvgIpc) is 2.28. The number of carboxylic acid groups (broad SMARTS) is 1. The molecular weight excluding hydrogens is 261 g/mol. The van der Waals surface area contributed by atoms with Gasteiger partial charge in [-0.2, -0.15) is 4.31 Å². The number of hydrogen-bond acceptors (Lipinski definition) is 3. The first-order chi connectivity index (χ1) is 8.28. The van der Waals surface area contributed by atoms with Crippen LogP contribution in [-0.4, -0.2) is 36.9 Å². The predicted octanol–water partition coefficient (Wildman–Crippen LogP) is 1.23. The first-order valence-corrected chi connectivity index (χ1v) is 6.71. The van der Waals surface area contributed by atoms with Crippen LogP contribution in [0.5, 0.6) is 0 Å². The second-order valence-corrected chi connectivity index (χ2v) is 5.64. The van der Waals surface area contributed by atoms with E-state index in [1.165, 1.54) is 19.9 Å². The molecule has 5 nitrogen and oxygen atoms in total. The van der Waals surface area contributed by atoms with Gasteiger partial charge in [0, 0.05) is 6.54 Å². The molecule has 0 aliphatic rings. The lowest BCUT2D eigenvalue weighted by Gasteiger charge is -2.19. The first-order valence-electron chi connectivity index (χ1n) is 5.27. The third-order valence-electron chi connectivity index (χ3n) is 2.43. The van der Waals surface area contributed by atoms with Gasteiger partial charge >= 0.3 is 5.97 Å². The summed E-state index contributed by atoms with van der Waals surface area (Å²) in [6.45, 7) is 2.41. The van der Waals surface area contributed by atoms with Crippen molar-refractivity contribution in [3.63, 3.8) is 0 Å². The topological polar surface area (TPSA) is 74.7 Å². The Morgan fingerprint density at radius 3 is 2.56 bits per heavy atom. The summed E-state index contributed by atoms with van der Waals surface area (Å²) >= 11 is 0. The molecule has 0 unspecified atom stereocenters. The van der Waals surface area contributed by atoms with Gasteiger partial charge in [-0.1, -0.05) is 13.0 Å². The standard InChI is InChI=1S/C11H14FNO4S/c1-3-13(7-11(14)15)18(16,17)10-6-9(12)5-4-8(10)2/h4-6H,3,7H2,1-2H3,(H,14,15). The van der Waals surface area contributed by atoms with Gasteiger partial charge in [0.15, 0.2) is 0 Å². The molecule has 0 fully saturated rings. The van der Waals surface area contributed by atoms with E-state index in [1.54, 1.807) is 0 Å². The van der Waals surface area contributed by atoms with Gasteiger partial charge in [-0.15, -0.1) is 0 Å². The van der Waals surface area contributed by atoms with Crippen LogP contribution in [0.25, 0.3) is 0 Å². The predicted molar refractivity (Wildman–Crippen MR) is 63.2 cm³/mol. The zero-order chi connectivity index (χ0) is 13.9. The molecular formula is C11H14FNO4S. The maximum atomic E-state index is 13.1. The van der Waals surface area contributed by atoms with Gasteiger partial charge in [0.05, 0.1) is 4.90 Å². The first kappa shape index (κ1) is 14.6. The van der Waals surface area contributed by atoms with Gasteiger partial charge in [0.1, 0.15) is 12.4 Å². The van der Waals surface area contributed by atoms with E-state index in [9.17, 15) is 17.6 Å². The lowest BCUT2D eigenvalue weighted by Crippen LogP contribution is -2.35. The summed E-state index contributed by atoms with van der Waals surface area (Å²) in [4.78, 5) is 10.4. The number of benzene rings is 1. The summed E-state index contributed by atoms with van der Waals surface area (Å²) in [6.07, 6.45) is 0. The second kappa shape index (κ2) is 5.45. The van der Waals surface area contributed by atoms with Gasteiger partial charge in [0.2, 0.25) is 10.0 Å². The fraction of sp³-hybridized carbons (Fsp3) is 0.364. The van der Waals surface area contributed by atoms with Gasteiger partial charge in [0.25, 0.3) is 0 Å². The number of hydrogen-bond donors (Lipinski definition) is 1. The number of carbonyl (C=O) groups is 1. The summed E-state index contributed by atoms with van der Waals surface area (Å²) in [5, 5.41) is 8.67. The second-order valence-electron chi connectivity index (χ2n) is 3.73. The Kier molecular flexibility index (Phi) is 4.42. The number of halogens is 1. The molecule has 1 aromatic carbocycles. The quantitative estimate of drug-likeness (QED) is 0.877. The zero-order valence-electron chi connectivity index (χ0n) is 10.1. The van der Waals surface area contributed by atoms with E-state index < -0.39 is 28.4 Å². The molecule has 18 heavy (non-hydrogen) atoms. The smallest absolute Gasteiger partial charge is 0.318 e. The van der Waals surface area contributed by atoms with Crippen molar-refractivity contribution in [3.8, 4) is 0 Å². The lowest BCUT2D eigenvalue weighted by atomic mass is 10.2. The summed E-state index contributed by atoms with van der Waals surface area (Å²) in [5.41, 5.74) is 0.375. The van der Waals surface area contributed by atoms with Crippen LogP contribution in [0.15, 0.2) is 23.1 Å². The Balaban J connectivity index is 3.26. The van der Waals surface area contributed by atoms with Crippen molar-refractivity contribution in [2.75, 3.05) is 13.1 Å². The van der Waals surface area contributed by atoms with E-state index in [0.717, 1.165) is 16.4 Å². The molecule has 0 spiro atoms. The van der Waals surface area contributed by atoms with E-state index >= 15 is 0 Å². The highest BCUT2D eigenvalue weighted by Crippen LogP contribution is 2.20. The fourth-order valence-electron chi connectivity index (χ4n) is 1.51. The van der Waals surface area contributed by atoms with Crippen LogP contribution in [0.4, 0.5) is 4.39 Å². The summed E-state index contributed by atoms with van der Waals surface area (Å²) in [6, 6.07) is 3.40. The van der Waals surface area contributed by atoms with E-state index in [2.05, 4.69) is 0 Å². The van der Waals surface area contributed by atoms with Crippen LogP contribution in [-0.2, 0) is 14.8 Å². The van der Waals surface area contributed by atoms with E-state index in [0.29, 0.717) is 5.56 Å². The van der Waals surface area contributed by atoms with E-state index in [1.807, 2.05) is 0 Å². The molecule has 0 aromatic heterocycles. The molecule has 0 saturated carbocycles. The summed E-state index contributed by atoms with van der Waals surface area (Å²) < 4.78 is 38.2. The molecule has 0 saturated heterocycles. The van der Waals surface area contributed by atoms with Crippen LogP contribution in [0, 0.1) is 12.7 Å². The zero-order valence-corrected chi connectivity index (χ0v) is 10.9. The molecule has 1 N–H and O–H groups in total. The molecule has 0 aliphatic heterocycles. The van der Waals surface area contributed by atoms with Crippen molar-refractivity contribution in [1.82, 2.24) is 4.31 Å². The number of carboxylic acids is 1. The molecule has 0 atom stereocenters. The molecule has 0 amide bonds. The third-order valence-corrected chi connectivity index (χ3v) is 4.50. The highest BCUT2D eigenvalue weighted by molar-refractivity contribution is 7.89. The largest absolute Gasteiger partial charge is 0.480 e. The molecule has 0 radical (unpaired) electrons. The van der Waals surface area contributed by atoms with Gasteiger partial charge in [-0.25, -0.2) is 12.8 Å². The number of rotatable bonds is 5. The SMILES string of the molecule is CCN(CC(=O)O)S(=O)(=O)c1cc(F)ccc1C. The molecule has 0 bridgehead atoms. The molecule has 1 aromatic rings. The molecule has 100 valence electrons. The van der Waals surface area contributed by atoms with Crippen molar-refractivity contribution in [1.29, 1.82) is 0 Å². The van der Waals surface area contributed by atoms with Crippen LogP contribution in [0.2, 0.25) is 0 Å². The lowest BCUT2D eigenvalue weighted by molar-refractivity contribution is -0.137. The maximum absolute atomic E-state index is 13.1. The normalized spacial score (nSPS) is 11.8. The highest BCUT2D eigenvalue weighted by Gasteiger charge is 2.26. The van der Waals surface area contributed by atoms with Crippen LogP contribution in [0.3, 0.4) is 0 Å². The fourth-order valence-corrected chi connectivity index (χ4v) is 3.14. The summed E-state index contributed by atoms with van der Waals surface area (Å²) in [5.74, 6) is -1.93. The van der Waals surface area contributed by atoms with Crippen molar-refractivity contribution in [2.45, 2.75) is 18.7 Å². The summed E-state index contributed by atoms with van der Waals surface area (Å²) in [7, 11) is -3.99. The van der Waals surface area contributed by atoms with Crippen molar-refractivity contribution in [2.24, 2.45) is 0 Å². The minimum atomic E-state index is -3.99. The molecule has 0 heterocycles. The average molecular weight is 275 g/mol. The molecule has 7 heteroatoms. The number of likely N-dealkylation sites (N-methyl/N-ethyl adjacent to an activating group) is 1. The van der Waals surface area contributed by atoms with Crippen LogP contribution >= 0.6 is 0 Å². The van der Waals surface area contributed by atoms with Crippen molar-refractivity contribution < 1.29 is 22.7 Å². The Bertz CT molecular complexity index is 556. The monoisotopic (exact) mass is 275 g/mol. The third kappa shape index (κ3) is 3.05. The maximum Gasteiger partial charge on any atom is 0.318 e. The number of nitrogens with zero attached hydrogens (tertiary/aromatic N) is 1. The number of aryl methyl sites for hydroxylation is 1. The molecule has 0 aliphatic carbocycles. The Morgan fingerprint density at radius 2 is 2.06 bits per heavy atom. The number of aliphatic carboxylic acids is 1.